The first-order valence-corrected chi connectivity index (χ1v) is 5.16. The van der Waals surface area contributed by atoms with E-state index in [9.17, 15) is 0 Å². The van der Waals surface area contributed by atoms with Crippen molar-refractivity contribution in [3.63, 3.8) is 0 Å². The van der Waals surface area contributed by atoms with Gasteiger partial charge in [0.25, 0.3) is 0 Å². The quantitative estimate of drug-likeness (QED) is 0.500. The second-order valence-electron chi connectivity index (χ2n) is 2.71. The largest absolute Gasteiger partial charge is 0.122 e. The molecule has 0 fully saturated rings. The average molecular weight is 178 g/mol. The first-order chi connectivity index (χ1) is 5.83. The molecular weight excluding hydrogens is 164 g/mol. The van der Waals surface area contributed by atoms with E-state index >= 15 is 0 Å². The monoisotopic (exact) mass is 178 g/mol. The van der Waals surface area contributed by atoms with Gasteiger partial charge in [-0.1, -0.05) is 37.3 Å². The van der Waals surface area contributed by atoms with Crippen LogP contribution in [0.2, 0.25) is 0 Å². The second kappa shape index (κ2) is 5.04. The number of thioether (sulfide) groups is 1. The average Bonchev–Trinajstić information content (AvgIpc) is 2.16. The Kier molecular flexibility index (Phi) is 3.95. The molecule has 0 aliphatic carbocycles. The molecule has 1 rings (SSSR count). The Morgan fingerprint density at radius 3 is 2.58 bits per heavy atom. The molecule has 64 valence electrons. The molecule has 0 saturated heterocycles. The Morgan fingerprint density at radius 1 is 1.33 bits per heavy atom. The highest BCUT2D eigenvalue weighted by Crippen LogP contribution is 2.19. The topological polar surface area (TPSA) is 0 Å². The zero-order valence-electron chi connectivity index (χ0n) is 7.42. The van der Waals surface area contributed by atoms with E-state index in [0.717, 1.165) is 12.2 Å². The molecule has 1 aromatic carbocycles. The van der Waals surface area contributed by atoms with Crippen molar-refractivity contribution in [2.45, 2.75) is 18.2 Å². The second-order valence-corrected chi connectivity index (χ2v) is 3.75. The number of hydrogen-bond donors (Lipinski definition) is 0. The molecular formula is C11H14S. The van der Waals surface area contributed by atoms with Gasteiger partial charge in [-0.05, 0) is 18.6 Å². The molecule has 0 aliphatic rings. The Bertz CT molecular complexity index is 238. The van der Waals surface area contributed by atoms with Gasteiger partial charge < -0.3 is 0 Å². The summed E-state index contributed by atoms with van der Waals surface area (Å²) in [6.07, 6.45) is 1.08. The molecule has 12 heavy (non-hydrogen) atoms. The fourth-order valence-electron chi connectivity index (χ4n) is 0.804. The van der Waals surface area contributed by atoms with Crippen LogP contribution in [0.4, 0.5) is 0 Å². The van der Waals surface area contributed by atoms with E-state index in [4.69, 9.17) is 0 Å². The van der Waals surface area contributed by atoms with Crippen LogP contribution in [0.3, 0.4) is 0 Å². The van der Waals surface area contributed by atoms with Gasteiger partial charge in [0, 0.05) is 10.6 Å². The third kappa shape index (κ3) is 3.14. The zero-order chi connectivity index (χ0) is 8.81. The summed E-state index contributed by atoms with van der Waals surface area (Å²) in [6.45, 7) is 6.11. The molecule has 0 saturated carbocycles. The number of hydrogen-bond acceptors (Lipinski definition) is 1. The van der Waals surface area contributed by atoms with E-state index in [1.807, 2.05) is 17.8 Å². The Hall–Kier alpha value is -0.690. The highest BCUT2D eigenvalue weighted by molar-refractivity contribution is 7.99. The van der Waals surface area contributed by atoms with E-state index in [1.165, 1.54) is 10.5 Å². The summed E-state index contributed by atoms with van der Waals surface area (Å²) < 4.78 is 0. The SMILES string of the molecule is C=C(CC)CSc1ccccc1. The fourth-order valence-corrected chi connectivity index (χ4v) is 1.73. The first kappa shape index (κ1) is 9.40. The fraction of sp³-hybridized carbons (Fsp3) is 0.273. The van der Waals surface area contributed by atoms with Crippen LogP contribution in [-0.2, 0) is 0 Å². The summed E-state index contributed by atoms with van der Waals surface area (Å²) in [5, 5.41) is 0. The molecule has 0 bridgehead atoms. The highest BCUT2D eigenvalue weighted by atomic mass is 32.2. The first-order valence-electron chi connectivity index (χ1n) is 4.17. The van der Waals surface area contributed by atoms with Gasteiger partial charge in [-0.15, -0.1) is 11.8 Å². The standard InChI is InChI=1S/C11H14S/c1-3-10(2)9-12-11-7-5-4-6-8-11/h4-8H,2-3,9H2,1H3. The summed E-state index contributed by atoms with van der Waals surface area (Å²) in [6, 6.07) is 10.4. The summed E-state index contributed by atoms with van der Waals surface area (Å²) >= 11 is 1.85. The zero-order valence-corrected chi connectivity index (χ0v) is 8.23. The van der Waals surface area contributed by atoms with Crippen LogP contribution in [0.25, 0.3) is 0 Å². The third-order valence-corrected chi connectivity index (χ3v) is 2.84. The molecule has 0 amide bonds. The Morgan fingerprint density at radius 2 is 2.00 bits per heavy atom. The van der Waals surface area contributed by atoms with Crippen molar-refractivity contribution >= 4 is 11.8 Å². The van der Waals surface area contributed by atoms with Gasteiger partial charge in [0.15, 0.2) is 0 Å². The predicted octanol–water partition coefficient (Wildman–Crippen LogP) is 3.74. The van der Waals surface area contributed by atoms with Crippen LogP contribution >= 0.6 is 11.8 Å². The van der Waals surface area contributed by atoms with E-state index in [-0.39, 0.29) is 0 Å². The van der Waals surface area contributed by atoms with Crippen molar-refractivity contribution in [1.29, 1.82) is 0 Å². The minimum atomic E-state index is 1.04. The van der Waals surface area contributed by atoms with Gasteiger partial charge in [-0.25, -0.2) is 0 Å². The number of benzene rings is 1. The van der Waals surface area contributed by atoms with Gasteiger partial charge in [-0.2, -0.15) is 0 Å². The van der Waals surface area contributed by atoms with Crippen molar-refractivity contribution in [3.8, 4) is 0 Å². The molecule has 0 aliphatic heterocycles. The third-order valence-electron chi connectivity index (χ3n) is 1.69. The van der Waals surface area contributed by atoms with Gasteiger partial charge in [0.2, 0.25) is 0 Å². The minimum Gasteiger partial charge on any atom is -0.122 e. The maximum atomic E-state index is 3.97. The van der Waals surface area contributed by atoms with Crippen molar-refractivity contribution < 1.29 is 0 Å². The molecule has 0 aromatic heterocycles. The van der Waals surface area contributed by atoms with Crippen LogP contribution < -0.4 is 0 Å². The van der Waals surface area contributed by atoms with Gasteiger partial charge >= 0.3 is 0 Å². The van der Waals surface area contributed by atoms with E-state index < -0.39 is 0 Å². The molecule has 0 N–H and O–H groups in total. The molecule has 0 nitrogen and oxygen atoms in total. The van der Waals surface area contributed by atoms with Crippen LogP contribution in [0.5, 0.6) is 0 Å². The maximum absolute atomic E-state index is 3.97. The highest BCUT2D eigenvalue weighted by Gasteiger charge is 1.93. The summed E-state index contributed by atoms with van der Waals surface area (Å²) in [5.41, 5.74) is 1.31. The van der Waals surface area contributed by atoms with Crippen LogP contribution in [0.15, 0.2) is 47.4 Å². The lowest BCUT2D eigenvalue weighted by Crippen LogP contribution is -1.82. The van der Waals surface area contributed by atoms with Gasteiger partial charge in [0.05, 0.1) is 0 Å². The predicted molar refractivity (Wildman–Crippen MR) is 56.6 cm³/mol. The Balaban J connectivity index is 2.38. The smallest absolute Gasteiger partial charge is 0.0187 e. The van der Waals surface area contributed by atoms with Crippen LogP contribution in [0, 0.1) is 0 Å². The van der Waals surface area contributed by atoms with Crippen molar-refractivity contribution in [1.82, 2.24) is 0 Å². The molecule has 0 atom stereocenters. The lowest BCUT2D eigenvalue weighted by atomic mass is 10.3. The molecule has 0 radical (unpaired) electrons. The molecule has 1 heteroatoms. The van der Waals surface area contributed by atoms with Crippen LogP contribution in [-0.4, -0.2) is 5.75 Å². The summed E-state index contributed by atoms with van der Waals surface area (Å²) in [7, 11) is 0. The molecule has 1 aromatic rings. The lowest BCUT2D eigenvalue weighted by molar-refractivity contribution is 1.12. The summed E-state index contributed by atoms with van der Waals surface area (Å²) in [5.74, 6) is 1.04. The van der Waals surface area contributed by atoms with E-state index in [2.05, 4.69) is 37.8 Å². The van der Waals surface area contributed by atoms with E-state index in [0.29, 0.717) is 0 Å². The van der Waals surface area contributed by atoms with Crippen molar-refractivity contribution in [2.75, 3.05) is 5.75 Å². The minimum absolute atomic E-state index is 1.04. The normalized spacial score (nSPS) is 9.75. The van der Waals surface area contributed by atoms with Crippen LogP contribution in [0.1, 0.15) is 13.3 Å². The lowest BCUT2D eigenvalue weighted by Gasteiger charge is -2.01. The van der Waals surface area contributed by atoms with Gasteiger partial charge in [-0.3, -0.25) is 0 Å². The summed E-state index contributed by atoms with van der Waals surface area (Å²) in [4.78, 5) is 1.33. The number of rotatable bonds is 4. The molecule has 0 unspecified atom stereocenters. The van der Waals surface area contributed by atoms with Crippen molar-refractivity contribution in [2.24, 2.45) is 0 Å². The maximum Gasteiger partial charge on any atom is 0.0187 e. The molecule has 0 heterocycles. The molecule has 0 spiro atoms. The van der Waals surface area contributed by atoms with Crippen molar-refractivity contribution in [3.05, 3.63) is 42.5 Å². The Labute approximate surface area is 78.7 Å². The van der Waals surface area contributed by atoms with E-state index in [1.54, 1.807) is 0 Å². The van der Waals surface area contributed by atoms with Gasteiger partial charge in [0.1, 0.15) is 0 Å².